The molecule has 1 rings (SSSR count). The van der Waals surface area contributed by atoms with Crippen molar-refractivity contribution < 1.29 is 73.9 Å². The zero-order valence-corrected chi connectivity index (χ0v) is 18.1. The third kappa shape index (κ3) is 4.63. The molecule has 1 aromatic heterocycles. The van der Waals surface area contributed by atoms with E-state index in [4.69, 9.17) is 0 Å². The highest BCUT2D eigenvalue weighted by molar-refractivity contribution is 7.96. The Bertz CT molecular complexity index is 1130. The van der Waals surface area contributed by atoms with Gasteiger partial charge in [-0.05, 0) is 0 Å². The Labute approximate surface area is 185 Å². The second-order valence-corrected chi connectivity index (χ2v) is 11.1. The summed E-state index contributed by atoms with van der Waals surface area (Å²) < 4.78 is 218. The Morgan fingerprint density at radius 2 is 1.12 bits per heavy atom. The molecule has 0 aliphatic rings. The van der Waals surface area contributed by atoms with E-state index in [1.807, 2.05) is 0 Å². The maximum absolute atomic E-state index is 13.8. The van der Waals surface area contributed by atoms with Crippen LogP contribution in [-0.4, -0.2) is 58.4 Å². The summed E-state index contributed by atoms with van der Waals surface area (Å²) >= 11 is 0.336. The molecule has 20 heteroatoms. The zero-order chi connectivity index (χ0) is 27.4. The van der Waals surface area contributed by atoms with E-state index < -0.39 is 77.4 Å². The molecule has 34 heavy (non-hydrogen) atoms. The van der Waals surface area contributed by atoms with Crippen LogP contribution in [0.25, 0.3) is 0 Å². The van der Waals surface area contributed by atoms with Gasteiger partial charge in [-0.1, -0.05) is 6.58 Å². The topological polar surface area (TPSA) is 68.3 Å². The number of hydrogen-bond donors (Lipinski definition) is 0. The Kier molecular flexibility index (Phi) is 7.64. The molecule has 0 spiro atoms. The molecule has 0 amide bonds. The Morgan fingerprint density at radius 1 is 0.706 bits per heavy atom. The van der Waals surface area contributed by atoms with Crippen molar-refractivity contribution in [3.63, 3.8) is 0 Å². The fourth-order valence-corrected chi connectivity index (χ4v) is 6.66. The quantitative estimate of drug-likeness (QED) is 0.338. The highest BCUT2D eigenvalue weighted by Gasteiger charge is 2.90. The van der Waals surface area contributed by atoms with Crippen LogP contribution in [0.3, 0.4) is 0 Å². The van der Waals surface area contributed by atoms with Crippen LogP contribution in [0.5, 0.6) is 0 Å². The van der Waals surface area contributed by atoms with Crippen molar-refractivity contribution in [1.29, 1.82) is 0 Å². The van der Waals surface area contributed by atoms with Gasteiger partial charge in [0, 0.05) is 22.6 Å². The number of thiophene rings is 1. The van der Waals surface area contributed by atoms with E-state index in [0.717, 1.165) is 0 Å². The molecule has 0 fully saturated rings. The average Bonchev–Trinajstić information content (AvgIpc) is 3.17. The minimum absolute atomic E-state index is 0.195. The third-order valence-electron chi connectivity index (χ3n) is 4.14. The van der Waals surface area contributed by atoms with Gasteiger partial charge in [0.2, 0.25) is 9.84 Å². The van der Waals surface area contributed by atoms with Crippen LogP contribution in [0.4, 0.5) is 57.1 Å². The standard InChI is InChI=1S/C14H9F13O4S3/c1-2-33(28,29)7-5-32-6-8(7)34(30,31)4-3-9(15,16)10(17,18)11(19,20)12(21,22)13(23,24)14(25,26)27/h2,5-6H,1,3-4H2. The van der Waals surface area contributed by atoms with E-state index >= 15 is 0 Å². The van der Waals surface area contributed by atoms with E-state index in [9.17, 15) is 73.9 Å². The van der Waals surface area contributed by atoms with E-state index in [-0.39, 0.29) is 5.41 Å². The van der Waals surface area contributed by atoms with Crippen LogP contribution in [-0.2, 0) is 19.7 Å². The molecular formula is C14H9F13O4S3. The summed E-state index contributed by atoms with van der Waals surface area (Å²) in [6.45, 7) is 2.82. The summed E-state index contributed by atoms with van der Waals surface area (Å²) in [5.41, 5.74) is 0. The van der Waals surface area contributed by atoms with Gasteiger partial charge in [0.1, 0.15) is 4.90 Å². The lowest BCUT2D eigenvalue weighted by molar-refractivity contribution is -0.439. The molecule has 0 saturated carbocycles. The van der Waals surface area contributed by atoms with Crippen molar-refractivity contribution in [1.82, 2.24) is 0 Å². The van der Waals surface area contributed by atoms with Crippen molar-refractivity contribution in [2.24, 2.45) is 0 Å². The number of rotatable bonds is 10. The first-order valence-corrected chi connectivity index (χ1v) is 12.0. The predicted molar refractivity (Wildman–Crippen MR) is 89.2 cm³/mol. The second kappa shape index (κ2) is 8.52. The molecule has 198 valence electrons. The maximum atomic E-state index is 13.8. The molecule has 0 N–H and O–H groups in total. The smallest absolute Gasteiger partial charge is 0.224 e. The van der Waals surface area contributed by atoms with Gasteiger partial charge in [-0.2, -0.15) is 57.1 Å². The molecule has 1 aromatic rings. The minimum atomic E-state index is -8.11. The second-order valence-electron chi connectivity index (χ2n) is 6.38. The molecular weight excluding hydrogens is 575 g/mol. The minimum Gasteiger partial charge on any atom is -0.224 e. The lowest BCUT2D eigenvalue weighted by Gasteiger charge is -2.39. The van der Waals surface area contributed by atoms with Gasteiger partial charge in [-0.25, -0.2) is 16.8 Å². The van der Waals surface area contributed by atoms with E-state index in [0.29, 0.717) is 22.1 Å². The van der Waals surface area contributed by atoms with E-state index in [2.05, 4.69) is 6.58 Å². The molecule has 0 aliphatic carbocycles. The highest BCUT2D eigenvalue weighted by Crippen LogP contribution is 2.60. The zero-order valence-electron chi connectivity index (χ0n) is 15.6. The molecule has 0 aliphatic heterocycles. The van der Waals surface area contributed by atoms with Crippen molar-refractivity contribution >= 4 is 31.0 Å². The Balaban J connectivity index is 3.41. The van der Waals surface area contributed by atoms with Gasteiger partial charge >= 0.3 is 35.8 Å². The molecule has 0 unspecified atom stereocenters. The highest BCUT2D eigenvalue weighted by atomic mass is 32.2. The van der Waals surface area contributed by atoms with Gasteiger partial charge < -0.3 is 0 Å². The van der Waals surface area contributed by atoms with Gasteiger partial charge in [0.05, 0.1) is 10.6 Å². The molecule has 0 aromatic carbocycles. The first kappa shape index (κ1) is 30.5. The molecule has 0 radical (unpaired) electrons. The monoisotopic (exact) mass is 584 g/mol. The molecule has 4 nitrogen and oxygen atoms in total. The average molecular weight is 584 g/mol. The van der Waals surface area contributed by atoms with E-state index in [1.165, 1.54) is 0 Å². The van der Waals surface area contributed by atoms with Gasteiger partial charge in [-0.3, -0.25) is 0 Å². The van der Waals surface area contributed by atoms with E-state index in [1.54, 1.807) is 0 Å². The summed E-state index contributed by atoms with van der Waals surface area (Å²) in [5.74, 6) is -40.6. The summed E-state index contributed by atoms with van der Waals surface area (Å²) in [7, 11) is -9.93. The maximum Gasteiger partial charge on any atom is 0.460 e. The molecule has 0 saturated heterocycles. The first-order chi connectivity index (χ1) is 14.7. The van der Waals surface area contributed by atoms with Crippen LogP contribution >= 0.6 is 11.3 Å². The lowest BCUT2D eigenvalue weighted by atomic mass is 9.93. The number of hydrogen-bond acceptors (Lipinski definition) is 5. The predicted octanol–water partition coefficient (Wildman–Crippen LogP) is 5.57. The van der Waals surface area contributed by atoms with Gasteiger partial charge in [0.25, 0.3) is 0 Å². The van der Waals surface area contributed by atoms with Crippen LogP contribution in [0.2, 0.25) is 0 Å². The van der Waals surface area contributed by atoms with Crippen molar-refractivity contribution in [3.8, 4) is 0 Å². The summed E-state index contributed by atoms with van der Waals surface area (Å²) in [6, 6.07) is 0. The third-order valence-corrected chi connectivity index (χ3v) is 8.45. The van der Waals surface area contributed by atoms with Crippen molar-refractivity contribution in [2.45, 2.75) is 52.0 Å². The fraction of sp³-hybridized carbons (Fsp3) is 0.571. The number of alkyl halides is 13. The van der Waals surface area contributed by atoms with Gasteiger partial charge in [-0.15, -0.1) is 11.3 Å². The molecule has 0 atom stereocenters. The Morgan fingerprint density at radius 3 is 1.53 bits per heavy atom. The normalized spacial score (nSPS) is 15.4. The van der Waals surface area contributed by atoms with Crippen molar-refractivity contribution in [2.75, 3.05) is 5.75 Å². The first-order valence-electron chi connectivity index (χ1n) is 7.87. The van der Waals surface area contributed by atoms with Crippen LogP contribution in [0, 0.1) is 0 Å². The lowest BCUT2D eigenvalue weighted by Crippen LogP contribution is -2.70. The summed E-state index contributed by atoms with van der Waals surface area (Å²) in [6.07, 6.45) is -10.6. The SMILES string of the molecule is C=CS(=O)(=O)c1cscc1S(=O)(=O)CCC(F)(F)C(F)(F)C(F)(F)C(F)(F)C(F)(F)C(F)(F)F. The number of sulfone groups is 2. The summed E-state index contributed by atoms with van der Waals surface area (Å²) in [4.78, 5) is -2.39. The van der Waals surface area contributed by atoms with Crippen LogP contribution in [0.15, 0.2) is 32.5 Å². The fourth-order valence-electron chi connectivity index (χ4n) is 2.13. The van der Waals surface area contributed by atoms with Crippen LogP contribution < -0.4 is 0 Å². The Hall–Kier alpha value is -1.57. The largest absolute Gasteiger partial charge is 0.460 e. The van der Waals surface area contributed by atoms with Crippen LogP contribution in [0.1, 0.15) is 6.42 Å². The van der Waals surface area contributed by atoms with Gasteiger partial charge in [0.15, 0.2) is 9.84 Å². The molecule has 1 heterocycles. The summed E-state index contributed by atoms with van der Waals surface area (Å²) in [5, 5.41) is 1.32. The molecule has 0 bridgehead atoms. The van der Waals surface area contributed by atoms with Crippen molar-refractivity contribution in [3.05, 3.63) is 22.7 Å². The number of halogens is 13.